The van der Waals surface area contributed by atoms with Gasteiger partial charge in [-0.25, -0.2) is 0 Å². The third-order valence-electron chi connectivity index (χ3n) is 4.49. The number of hydrogen-bond donors (Lipinski definition) is 1. The van der Waals surface area contributed by atoms with Crippen LogP contribution in [0.3, 0.4) is 0 Å². The van der Waals surface area contributed by atoms with Crippen molar-refractivity contribution in [3.8, 4) is 0 Å². The molecule has 7 heteroatoms. The van der Waals surface area contributed by atoms with E-state index < -0.39 is 4.92 Å². The number of nitrogens with zero attached hydrogens (tertiary/aromatic N) is 2. The largest absolute Gasteiger partial charge is 0.359 e. The number of carbonyl (C=O) groups excluding carboxylic acids is 1. The summed E-state index contributed by atoms with van der Waals surface area (Å²) in [5.41, 5.74) is 1.68. The maximum atomic E-state index is 11.8. The molecule has 130 valence electrons. The Morgan fingerprint density at radius 2 is 2.08 bits per heavy atom. The lowest BCUT2D eigenvalue weighted by Gasteiger charge is -2.27. The molecule has 25 heavy (non-hydrogen) atoms. The zero-order chi connectivity index (χ0) is 18.0. The van der Waals surface area contributed by atoms with E-state index >= 15 is 0 Å². The van der Waals surface area contributed by atoms with Gasteiger partial charge >= 0.3 is 0 Å². The molecule has 2 aromatic carbocycles. The van der Waals surface area contributed by atoms with Crippen LogP contribution in [0.5, 0.6) is 0 Å². The molecule has 0 radical (unpaired) electrons. The number of carbonyl (C=O) groups is 1. The number of halogens is 1. The highest BCUT2D eigenvalue weighted by Gasteiger charge is 2.32. The van der Waals surface area contributed by atoms with Crippen molar-refractivity contribution >= 4 is 28.9 Å². The molecule has 1 N–H and O–H groups in total. The Hall–Kier alpha value is -2.60. The van der Waals surface area contributed by atoms with Gasteiger partial charge in [-0.3, -0.25) is 14.9 Å². The highest BCUT2D eigenvalue weighted by molar-refractivity contribution is 6.31. The average Bonchev–Trinajstić information content (AvgIpc) is 3.10. The first-order valence-electron chi connectivity index (χ1n) is 8.04. The number of benzene rings is 2. The fourth-order valence-electron chi connectivity index (χ4n) is 3.32. The quantitative estimate of drug-likeness (QED) is 0.662. The summed E-state index contributed by atoms with van der Waals surface area (Å²) in [7, 11) is 1.50. The number of nitrogens with one attached hydrogen (secondary N) is 1. The van der Waals surface area contributed by atoms with Crippen LogP contribution in [0.4, 0.5) is 11.4 Å². The summed E-state index contributed by atoms with van der Waals surface area (Å²) in [5.74, 6) is -0.348. The van der Waals surface area contributed by atoms with Crippen molar-refractivity contribution in [2.75, 3.05) is 18.5 Å². The third kappa shape index (κ3) is 3.30. The van der Waals surface area contributed by atoms with Gasteiger partial charge in [0.05, 0.1) is 11.0 Å². The predicted octanol–water partition coefficient (Wildman–Crippen LogP) is 3.95. The lowest BCUT2D eigenvalue weighted by Crippen LogP contribution is -2.24. The molecule has 1 fully saturated rings. The van der Waals surface area contributed by atoms with Crippen molar-refractivity contribution in [2.45, 2.75) is 18.9 Å². The average molecular weight is 360 g/mol. The molecule has 1 aliphatic rings. The van der Waals surface area contributed by atoms with Gasteiger partial charge in [0.1, 0.15) is 5.69 Å². The van der Waals surface area contributed by atoms with E-state index in [9.17, 15) is 14.9 Å². The van der Waals surface area contributed by atoms with Crippen molar-refractivity contribution in [2.24, 2.45) is 0 Å². The molecule has 1 heterocycles. The predicted molar refractivity (Wildman–Crippen MR) is 97.3 cm³/mol. The van der Waals surface area contributed by atoms with Crippen LogP contribution >= 0.6 is 11.6 Å². The van der Waals surface area contributed by atoms with E-state index in [-0.39, 0.29) is 23.2 Å². The van der Waals surface area contributed by atoms with Gasteiger partial charge < -0.3 is 10.2 Å². The van der Waals surface area contributed by atoms with E-state index in [1.807, 2.05) is 29.2 Å². The molecule has 1 aliphatic heterocycles. The van der Waals surface area contributed by atoms with Gasteiger partial charge in [-0.15, -0.1) is 0 Å². The van der Waals surface area contributed by atoms with E-state index in [1.165, 1.54) is 13.1 Å². The van der Waals surface area contributed by atoms with Crippen LogP contribution in [-0.4, -0.2) is 24.4 Å². The molecule has 3 rings (SSSR count). The number of rotatable bonds is 4. The minimum absolute atomic E-state index is 0.0155. The summed E-state index contributed by atoms with van der Waals surface area (Å²) in [5, 5.41) is 14.7. The van der Waals surface area contributed by atoms with Crippen LogP contribution in [0.1, 0.15) is 34.8 Å². The van der Waals surface area contributed by atoms with E-state index in [4.69, 9.17) is 11.6 Å². The number of hydrogen-bond acceptors (Lipinski definition) is 4. The Labute approximate surface area is 150 Å². The zero-order valence-corrected chi connectivity index (χ0v) is 14.5. The smallest absolute Gasteiger partial charge is 0.293 e. The summed E-state index contributed by atoms with van der Waals surface area (Å²) < 4.78 is 0. The molecule has 0 aliphatic carbocycles. The second-order valence-corrected chi connectivity index (χ2v) is 6.32. The number of amides is 1. The number of nitro benzene ring substituents is 1. The van der Waals surface area contributed by atoms with Crippen molar-refractivity contribution < 1.29 is 9.72 Å². The molecule has 1 saturated heterocycles. The highest BCUT2D eigenvalue weighted by Crippen LogP contribution is 2.42. The van der Waals surface area contributed by atoms with E-state index in [0.717, 1.165) is 18.4 Å². The molecule has 1 atom stereocenters. The zero-order valence-electron chi connectivity index (χ0n) is 13.7. The fraction of sp³-hybridized carbons (Fsp3) is 0.278. The number of nitro groups is 1. The monoisotopic (exact) mass is 359 g/mol. The fourth-order valence-corrected chi connectivity index (χ4v) is 3.58. The first kappa shape index (κ1) is 17.2. The summed E-state index contributed by atoms with van der Waals surface area (Å²) in [6.07, 6.45) is 1.79. The minimum Gasteiger partial charge on any atom is -0.359 e. The van der Waals surface area contributed by atoms with Crippen LogP contribution < -0.4 is 10.2 Å². The van der Waals surface area contributed by atoms with Crippen molar-refractivity contribution in [3.05, 3.63) is 68.7 Å². The topological polar surface area (TPSA) is 75.5 Å². The van der Waals surface area contributed by atoms with Gasteiger partial charge in [0.25, 0.3) is 11.6 Å². The van der Waals surface area contributed by atoms with E-state index in [1.54, 1.807) is 12.1 Å². The second kappa shape index (κ2) is 7.11. The lowest BCUT2D eigenvalue weighted by molar-refractivity contribution is -0.384. The minimum atomic E-state index is -0.441. The van der Waals surface area contributed by atoms with Crippen LogP contribution in [0.2, 0.25) is 5.02 Å². The Kier molecular flexibility index (Phi) is 4.90. The number of anilines is 1. The normalized spacial score (nSPS) is 16.7. The van der Waals surface area contributed by atoms with Crippen LogP contribution in [0.15, 0.2) is 42.5 Å². The molecule has 0 aromatic heterocycles. The van der Waals surface area contributed by atoms with Crippen LogP contribution in [0, 0.1) is 10.1 Å². The third-order valence-corrected chi connectivity index (χ3v) is 4.83. The van der Waals surface area contributed by atoms with Gasteiger partial charge in [-0.2, -0.15) is 0 Å². The van der Waals surface area contributed by atoms with Gasteiger partial charge in [-0.1, -0.05) is 29.8 Å². The van der Waals surface area contributed by atoms with Gasteiger partial charge in [0.2, 0.25) is 0 Å². The Bertz CT molecular complexity index is 825. The van der Waals surface area contributed by atoms with Crippen molar-refractivity contribution in [3.63, 3.8) is 0 Å². The SMILES string of the molecule is CNC(=O)c1ccc(N2CCCC2c2ccccc2Cl)c([N+](=O)[O-])c1. The Balaban J connectivity index is 2.04. The van der Waals surface area contributed by atoms with Crippen LogP contribution in [-0.2, 0) is 0 Å². The molecule has 2 aromatic rings. The first-order chi connectivity index (χ1) is 12.0. The summed E-state index contributed by atoms with van der Waals surface area (Å²) in [4.78, 5) is 24.9. The maximum absolute atomic E-state index is 11.8. The van der Waals surface area contributed by atoms with Gasteiger partial charge in [0, 0.05) is 30.2 Å². The van der Waals surface area contributed by atoms with Gasteiger partial charge in [-0.05, 0) is 36.6 Å². The molecule has 1 amide bonds. The Morgan fingerprint density at radius 3 is 2.76 bits per heavy atom. The summed E-state index contributed by atoms with van der Waals surface area (Å²) >= 11 is 6.33. The van der Waals surface area contributed by atoms with Crippen LogP contribution in [0.25, 0.3) is 0 Å². The molecule has 1 unspecified atom stereocenters. The standard InChI is InChI=1S/C18H18ClN3O3/c1-20-18(23)12-8-9-16(17(11-12)22(24)25)21-10-4-7-15(21)13-5-2-3-6-14(13)19/h2-3,5-6,8-9,11,15H,4,7,10H2,1H3,(H,20,23). The first-order valence-corrected chi connectivity index (χ1v) is 8.42. The Morgan fingerprint density at radius 1 is 1.32 bits per heavy atom. The molecular formula is C18H18ClN3O3. The molecule has 0 spiro atoms. The van der Waals surface area contributed by atoms with Crippen molar-refractivity contribution in [1.82, 2.24) is 5.32 Å². The summed E-state index contributed by atoms with van der Waals surface area (Å²) in [6.45, 7) is 0.704. The molecule has 0 bridgehead atoms. The second-order valence-electron chi connectivity index (χ2n) is 5.91. The van der Waals surface area contributed by atoms with Crippen molar-refractivity contribution in [1.29, 1.82) is 0 Å². The van der Waals surface area contributed by atoms with E-state index in [2.05, 4.69) is 5.32 Å². The molecule has 6 nitrogen and oxygen atoms in total. The lowest BCUT2D eigenvalue weighted by atomic mass is 10.0. The van der Waals surface area contributed by atoms with E-state index in [0.29, 0.717) is 17.3 Å². The molecule has 0 saturated carbocycles. The molecular weight excluding hydrogens is 342 g/mol. The maximum Gasteiger partial charge on any atom is 0.293 e. The van der Waals surface area contributed by atoms with Gasteiger partial charge in [0.15, 0.2) is 0 Å². The summed E-state index contributed by atoms with van der Waals surface area (Å²) in [6, 6.07) is 12.1. The highest BCUT2D eigenvalue weighted by atomic mass is 35.5.